The fraction of sp³-hybridized carbons (Fsp3) is 0.206. The third-order valence-electron chi connectivity index (χ3n) is 7.48. The van der Waals surface area contributed by atoms with Gasteiger partial charge in [-0.1, -0.05) is 66.2 Å². The summed E-state index contributed by atoms with van der Waals surface area (Å²) in [4.78, 5) is 28.9. The number of hydrogen-bond donors (Lipinski definition) is 1. The molecule has 1 N–H and O–H groups in total. The first-order chi connectivity index (χ1) is 20.9. The van der Waals surface area contributed by atoms with Crippen LogP contribution in [0.3, 0.4) is 0 Å². The molecule has 0 spiro atoms. The molecule has 8 nitrogen and oxygen atoms in total. The number of hydrogen-bond acceptors (Lipinski definition) is 6. The Bertz CT molecular complexity index is 1760. The molecule has 2 amide bonds. The lowest BCUT2D eigenvalue weighted by Crippen LogP contribution is -2.42. The van der Waals surface area contributed by atoms with E-state index in [9.17, 15) is 9.59 Å². The Morgan fingerprint density at radius 1 is 1.05 bits per heavy atom. The highest BCUT2D eigenvalue weighted by molar-refractivity contribution is 8.00. The van der Waals surface area contributed by atoms with Crippen LogP contribution in [0.5, 0.6) is 5.75 Å². The fourth-order valence-electron chi connectivity index (χ4n) is 5.47. The topological polar surface area (TPSA) is 89.6 Å². The highest BCUT2D eigenvalue weighted by Crippen LogP contribution is 2.50. The van der Waals surface area contributed by atoms with E-state index in [1.807, 2.05) is 85.3 Å². The summed E-state index contributed by atoms with van der Waals surface area (Å²) in [6.45, 7) is 4.13. The monoisotopic (exact) mass is 592 g/mol. The van der Waals surface area contributed by atoms with E-state index in [2.05, 4.69) is 11.4 Å². The molecule has 5 aromatic rings. The lowest BCUT2D eigenvalue weighted by Gasteiger charge is -2.24. The van der Waals surface area contributed by atoms with E-state index >= 15 is 0 Å². The number of nitrogens with one attached hydrogen (secondary N) is 1. The number of furan rings is 1. The number of carbonyl (C=O) groups is 2. The number of nitrogens with zero attached hydrogens (tertiary/aromatic N) is 3. The molecule has 1 unspecified atom stereocenters. The first-order valence-electron chi connectivity index (χ1n) is 14.0. The maximum atomic E-state index is 14.0. The number of benzene rings is 3. The standard InChI is InChI=1S/C34H32N4O4S/c1-22-15-16-27(23(2)18-22)38-34-31(32(36-38)24-10-5-4-6-11-24)33(26-13-7-8-14-28(26)41-3)43-21-30(40)37(34)20-29(39)35-19-25-12-9-17-42-25/h4-18,33H,19-21H2,1-3H3,(H,35,39). The van der Waals surface area contributed by atoms with Gasteiger partial charge in [-0.05, 0) is 43.7 Å². The molecular formula is C34H32N4O4S. The predicted octanol–water partition coefficient (Wildman–Crippen LogP) is 6.24. The van der Waals surface area contributed by atoms with Gasteiger partial charge in [0.2, 0.25) is 11.8 Å². The molecule has 0 bridgehead atoms. The second kappa shape index (κ2) is 12.2. The number of methoxy groups -OCH3 is 1. The van der Waals surface area contributed by atoms with Crippen LogP contribution in [-0.2, 0) is 16.1 Å². The van der Waals surface area contributed by atoms with E-state index in [1.54, 1.807) is 30.4 Å². The highest BCUT2D eigenvalue weighted by atomic mass is 32.2. The molecule has 0 radical (unpaired) electrons. The number of para-hydroxylation sites is 1. The van der Waals surface area contributed by atoms with Gasteiger partial charge in [-0.2, -0.15) is 5.10 Å². The van der Waals surface area contributed by atoms with Crippen molar-refractivity contribution in [2.45, 2.75) is 25.6 Å². The average Bonchev–Trinajstić information content (AvgIpc) is 3.65. The lowest BCUT2D eigenvalue weighted by atomic mass is 9.99. The quantitative estimate of drug-likeness (QED) is 0.229. The second-order valence-corrected chi connectivity index (χ2v) is 11.5. The van der Waals surface area contributed by atoms with Crippen LogP contribution in [0, 0.1) is 13.8 Å². The molecule has 6 rings (SSSR count). The van der Waals surface area contributed by atoms with Crippen molar-refractivity contribution in [1.29, 1.82) is 0 Å². The van der Waals surface area contributed by atoms with Crippen LogP contribution < -0.4 is 15.0 Å². The van der Waals surface area contributed by atoms with Crippen LogP contribution in [0.4, 0.5) is 5.82 Å². The number of aromatic nitrogens is 2. The van der Waals surface area contributed by atoms with Gasteiger partial charge in [0.15, 0.2) is 0 Å². The first-order valence-corrected chi connectivity index (χ1v) is 15.1. The molecule has 3 heterocycles. The number of carbonyl (C=O) groups excluding carboxylic acids is 2. The second-order valence-electron chi connectivity index (χ2n) is 10.4. The Morgan fingerprint density at radius 2 is 1.84 bits per heavy atom. The first kappa shape index (κ1) is 28.4. The molecule has 0 saturated carbocycles. The van der Waals surface area contributed by atoms with E-state index in [-0.39, 0.29) is 35.9 Å². The third-order valence-corrected chi connectivity index (χ3v) is 8.72. The molecule has 1 aliphatic rings. The Balaban J connectivity index is 1.57. The van der Waals surface area contributed by atoms with Gasteiger partial charge in [-0.3, -0.25) is 14.5 Å². The van der Waals surface area contributed by atoms with E-state index in [1.165, 1.54) is 11.8 Å². The van der Waals surface area contributed by atoms with Gasteiger partial charge < -0.3 is 14.5 Å². The fourth-order valence-corrected chi connectivity index (χ4v) is 6.69. The van der Waals surface area contributed by atoms with Crippen molar-refractivity contribution in [3.63, 3.8) is 0 Å². The molecule has 1 atom stereocenters. The summed E-state index contributed by atoms with van der Waals surface area (Å²) in [5.74, 6) is 1.62. The number of ether oxygens (including phenoxy) is 1. The molecule has 3 aromatic carbocycles. The van der Waals surface area contributed by atoms with Crippen LogP contribution >= 0.6 is 11.8 Å². The molecule has 218 valence electrons. The largest absolute Gasteiger partial charge is 0.496 e. The van der Waals surface area contributed by atoms with Crippen molar-refractivity contribution in [2.75, 3.05) is 24.3 Å². The average molecular weight is 593 g/mol. The molecule has 0 saturated heterocycles. The Kier molecular flexibility index (Phi) is 8.07. The van der Waals surface area contributed by atoms with Crippen molar-refractivity contribution in [3.8, 4) is 22.7 Å². The van der Waals surface area contributed by atoms with Crippen LogP contribution in [0.25, 0.3) is 16.9 Å². The number of amides is 2. The van der Waals surface area contributed by atoms with Crippen LogP contribution in [0.15, 0.2) is 95.6 Å². The number of rotatable bonds is 8. The minimum absolute atomic E-state index is 0.170. The SMILES string of the molecule is COc1ccccc1C1SCC(=O)N(CC(=O)NCc2ccco2)c2c1c(-c1ccccc1)nn2-c1ccc(C)cc1C. The number of thioether (sulfide) groups is 1. The van der Waals surface area contributed by atoms with Gasteiger partial charge in [-0.25, -0.2) is 4.68 Å². The molecule has 0 aliphatic carbocycles. The number of aryl methyl sites for hydroxylation is 2. The van der Waals surface area contributed by atoms with E-state index in [0.717, 1.165) is 44.9 Å². The van der Waals surface area contributed by atoms with Crippen molar-refractivity contribution in [2.24, 2.45) is 0 Å². The Hall–Kier alpha value is -4.76. The molecule has 1 aliphatic heterocycles. The lowest BCUT2D eigenvalue weighted by molar-refractivity contribution is -0.123. The summed E-state index contributed by atoms with van der Waals surface area (Å²) in [5, 5.41) is 7.80. The Labute approximate surface area is 254 Å². The summed E-state index contributed by atoms with van der Waals surface area (Å²) >= 11 is 1.51. The summed E-state index contributed by atoms with van der Waals surface area (Å²) in [7, 11) is 1.65. The van der Waals surface area contributed by atoms with E-state index in [0.29, 0.717) is 11.6 Å². The van der Waals surface area contributed by atoms with Gasteiger partial charge in [0.05, 0.1) is 42.3 Å². The van der Waals surface area contributed by atoms with Crippen LogP contribution in [-0.4, -0.2) is 41.0 Å². The van der Waals surface area contributed by atoms with Crippen LogP contribution in [0.2, 0.25) is 0 Å². The van der Waals surface area contributed by atoms with Crippen molar-refractivity contribution in [3.05, 3.63) is 119 Å². The van der Waals surface area contributed by atoms with Crippen molar-refractivity contribution < 1.29 is 18.7 Å². The zero-order valence-electron chi connectivity index (χ0n) is 24.2. The summed E-state index contributed by atoms with van der Waals surface area (Å²) in [6, 6.07) is 27.5. The molecule has 9 heteroatoms. The molecule has 0 fully saturated rings. The zero-order chi connectivity index (χ0) is 29.9. The number of fused-ring (bicyclic) bond motifs is 1. The Morgan fingerprint density at radius 3 is 2.58 bits per heavy atom. The smallest absolute Gasteiger partial charge is 0.240 e. The number of anilines is 1. The van der Waals surface area contributed by atoms with Gasteiger partial charge in [0.1, 0.15) is 23.9 Å². The molecular weight excluding hydrogens is 560 g/mol. The zero-order valence-corrected chi connectivity index (χ0v) is 25.1. The maximum Gasteiger partial charge on any atom is 0.240 e. The summed E-state index contributed by atoms with van der Waals surface area (Å²) in [6.07, 6.45) is 1.56. The normalized spacial score (nSPS) is 14.7. The molecule has 2 aromatic heterocycles. The van der Waals surface area contributed by atoms with Gasteiger partial charge >= 0.3 is 0 Å². The minimum Gasteiger partial charge on any atom is -0.496 e. The van der Waals surface area contributed by atoms with Crippen molar-refractivity contribution in [1.82, 2.24) is 15.1 Å². The molecule has 43 heavy (non-hydrogen) atoms. The predicted molar refractivity (Wildman–Crippen MR) is 169 cm³/mol. The third kappa shape index (κ3) is 5.68. The summed E-state index contributed by atoms with van der Waals surface area (Å²) in [5.41, 5.74) is 6.41. The minimum atomic E-state index is -0.300. The van der Waals surface area contributed by atoms with Gasteiger partial charge in [-0.15, -0.1) is 11.8 Å². The van der Waals surface area contributed by atoms with E-state index < -0.39 is 0 Å². The van der Waals surface area contributed by atoms with Crippen LogP contribution in [0.1, 0.15) is 33.3 Å². The van der Waals surface area contributed by atoms with E-state index in [4.69, 9.17) is 14.3 Å². The highest BCUT2D eigenvalue weighted by Gasteiger charge is 2.38. The summed E-state index contributed by atoms with van der Waals surface area (Å²) < 4.78 is 13.0. The van der Waals surface area contributed by atoms with Gasteiger partial charge in [0, 0.05) is 16.7 Å². The van der Waals surface area contributed by atoms with Crippen molar-refractivity contribution >= 4 is 29.4 Å². The maximum absolute atomic E-state index is 14.0. The van der Waals surface area contributed by atoms with Gasteiger partial charge in [0.25, 0.3) is 0 Å².